The van der Waals surface area contributed by atoms with Gasteiger partial charge in [-0.1, -0.05) is 0 Å². The van der Waals surface area contributed by atoms with Crippen molar-refractivity contribution in [3.8, 4) is 0 Å². The molecule has 0 heterocycles. The zero-order chi connectivity index (χ0) is 8.15. The third kappa shape index (κ3) is 5.56. The fourth-order valence-electron chi connectivity index (χ4n) is 0.917. The minimum absolute atomic E-state index is 0.306. The summed E-state index contributed by atoms with van der Waals surface area (Å²) in [6.45, 7) is 4.82. The maximum atomic E-state index is 5.40. The van der Waals surface area contributed by atoms with Gasteiger partial charge < -0.3 is 10.6 Å². The molecule has 1 unspecified atom stereocenters. The number of hydrogen-bond donors (Lipinski definition) is 1. The molecule has 0 fully saturated rings. The quantitative estimate of drug-likeness (QED) is 0.456. The highest BCUT2D eigenvalue weighted by atomic mass is 15.1. The maximum absolute atomic E-state index is 5.40. The molecule has 0 bridgehead atoms. The molecule has 0 aromatic rings. The van der Waals surface area contributed by atoms with Crippen LogP contribution in [0.2, 0.25) is 0 Å². The number of hydrogen-bond acceptors (Lipinski definition) is 2. The van der Waals surface area contributed by atoms with Gasteiger partial charge in [-0.05, 0) is 27.9 Å². The summed E-state index contributed by atoms with van der Waals surface area (Å²) in [6.07, 6.45) is 0. The van der Waals surface area contributed by atoms with Crippen LogP contribution >= 0.6 is 0 Å². The first-order chi connectivity index (χ1) is 4.52. The zero-order valence-corrected chi connectivity index (χ0v) is 7.26. The van der Waals surface area contributed by atoms with Crippen molar-refractivity contribution in [2.45, 2.75) is 19.9 Å². The Labute approximate surface area is 62.9 Å². The number of amidine groups is 1. The van der Waals surface area contributed by atoms with Crippen LogP contribution in [0.5, 0.6) is 0 Å². The van der Waals surface area contributed by atoms with E-state index in [1.165, 1.54) is 0 Å². The van der Waals surface area contributed by atoms with Crippen molar-refractivity contribution in [2.24, 2.45) is 10.7 Å². The van der Waals surface area contributed by atoms with Crippen molar-refractivity contribution < 1.29 is 0 Å². The molecule has 0 aliphatic heterocycles. The van der Waals surface area contributed by atoms with Gasteiger partial charge in [0, 0.05) is 6.54 Å². The summed E-state index contributed by atoms with van der Waals surface area (Å²) < 4.78 is 0. The van der Waals surface area contributed by atoms with Crippen molar-refractivity contribution >= 4 is 5.84 Å². The summed E-state index contributed by atoms with van der Waals surface area (Å²) in [5.41, 5.74) is 5.40. The second kappa shape index (κ2) is 4.28. The molecule has 0 aromatic carbocycles. The van der Waals surface area contributed by atoms with Gasteiger partial charge in [-0.25, -0.2) is 0 Å². The van der Waals surface area contributed by atoms with Gasteiger partial charge >= 0.3 is 0 Å². The number of nitrogens with zero attached hydrogens (tertiary/aromatic N) is 2. The highest BCUT2D eigenvalue weighted by molar-refractivity contribution is 5.77. The van der Waals surface area contributed by atoms with Crippen LogP contribution in [0.4, 0.5) is 0 Å². The first kappa shape index (κ1) is 9.43. The van der Waals surface area contributed by atoms with E-state index in [0.717, 1.165) is 6.54 Å². The lowest BCUT2D eigenvalue weighted by Gasteiger charge is -2.12. The van der Waals surface area contributed by atoms with Gasteiger partial charge in [-0.3, -0.25) is 4.99 Å². The van der Waals surface area contributed by atoms with Crippen molar-refractivity contribution in [1.82, 2.24) is 4.90 Å². The van der Waals surface area contributed by atoms with Crippen molar-refractivity contribution in [2.75, 3.05) is 20.6 Å². The number of nitrogens with two attached hydrogens (primary N) is 1. The second-order valence-electron chi connectivity index (χ2n) is 2.88. The fraction of sp³-hybridized carbons (Fsp3) is 0.857. The zero-order valence-electron chi connectivity index (χ0n) is 7.26. The molecular formula is C7H17N3. The van der Waals surface area contributed by atoms with E-state index in [1.807, 2.05) is 21.0 Å². The van der Waals surface area contributed by atoms with Gasteiger partial charge in [-0.2, -0.15) is 0 Å². The average Bonchev–Trinajstić information content (AvgIpc) is 1.58. The highest BCUT2D eigenvalue weighted by Gasteiger charge is 1.99. The number of rotatable bonds is 3. The molecule has 3 heteroatoms. The van der Waals surface area contributed by atoms with Crippen LogP contribution in [-0.2, 0) is 0 Å². The molecule has 0 radical (unpaired) electrons. The first-order valence-electron chi connectivity index (χ1n) is 3.47. The summed E-state index contributed by atoms with van der Waals surface area (Å²) in [4.78, 5) is 6.26. The van der Waals surface area contributed by atoms with E-state index in [4.69, 9.17) is 5.73 Å². The van der Waals surface area contributed by atoms with E-state index in [9.17, 15) is 0 Å². The minimum atomic E-state index is 0.306. The van der Waals surface area contributed by atoms with Crippen LogP contribution in [0.15, 0.2) is 4.99 Å². The van der Waals surface area contributed by atoms with Crippen LogP contribution in [0.3, 0.4) is 0 Å². The van der Waals surface area contributed by atoms with Gasteiger partial charge in [0.15, 0.2) is 0 Å². The molecule has 60 valence electrons. The lowest BCUT2D eigenvalue weighted by atomic mass is 10.3. The third-order valence-corrected chi connectivity index (χ3v) is 1.05. The van der Waals surface area contributed by atoms with E-state index >= 15 is 0 Å². The molecule has 1 atom stereocenters. The predicted octanol–water partition coefficient (Wildman–Crippen LogP) is 0.314. The van der Waals surface area contributed by atoms with E-state index < -0.39 is 0 Å². The molecule has 0 saturated heterocycles. The highest BCUT2D eigenvalue weighted by Crippen LogP contribution is 1.90. The number of aliphatic imine (C=N–C) groups is 1. The van der Waals surface area contributed by atoms with Crippen molar-refractivity contribution in [3.05, 3.63) is 0 Å². The van der Waals surface area contributed by atoms with Crippen LogP contribution in [0.1, 0.15) is 13.8 Å². The average molecular weight is 143 g/mol. The summed E-state index contributed by atoms with van der Waals surface area (Å²) in [5, 5.41) is 0. The van der Waals surface area contributed by atoms with Crippen LogP contribution in [0.25, 0.3) is 0 Å². The van der Waals surface area contributed by atoms with Crippen LogP contribution < -0.4 is 5.73 Å². The standard InChI is InChI=1S/C7H17N3/c1-6(5-10(3)4)9-7(2)8/h6H,5H2,1-4H3,(H2,8,9). The molecule has 0 aliphatic rings. The Morgan fingerprint density at radius 1 is 1.60 bits per heavy atom. The summed E-state index contributed by atoms with van der Waals surface area (Å²) in [6, 6.07) is 0.306. The van der Waals surface area contributed by atoms with Gasteiger partial charge in [-0.15, -0.1) is 0 Å². The molecule has 3 nitrogen and oxygen atoms in total. The van der Waals surface area contributed by atoms with Crippen molar-refractivity contribution in [3.63, 3.8) is 0 Å². The lowest BCUT2D eigenvalue weighted by Crippen LogP contribution is -2.24. The summed E-state index contributed by atoms with van der Waals surface area (Å²) >= 11 is 0. The second-order valence-corrected chi connectivity index (χ2v) is 2.88. The lowest BCUT2D eigenvalue weighted by molar-refractivity contribution is 0.383. The van der Waals surface area contributed by atoms with Crippen molar-refractivity contribution in [1.29, 1.82) is 0 Å². The minimum Gasteiger partial charge on any atom is -0.388 e. The molecule has 0 saturated carbocycles. The SMILES string of the molecule is CC(N)=NC(C)CN(C)C. The molecule has 2 N–H and O–H groups in total. The molecule has 0 aromatic heterocycles. The van der Waals surface area contributed by atoms with E-state index in [1.54, 1.807) is 0 Å². The molecule has 0 spiro atoms. The van der Waals surface area contributed by atoms with Crippen LogP contribution in [-0.4, -0.2) is 37.4 Å². The topological polar surface area (TPSA) is 41.6 Å². The Kier molecular flexibility index (Phi) is 4.03. The summed E-state index contributed by atoms with van der Waals surface area (Å²) in [5.74, 6) is 0.661. The largest absolute Gasteiger partial charge is 0.388 e. The van der Waals surface area contributed by atoms with E-state index in [-0.39, 0.29) is 0 Å². The molecular weight excluding hydrogens is 126 g/mol. The maximum Gasteiger partial charge on any atom is 0.0909 e. The van der Waals surface area contributed by atoms with Gasteiger partial charge in [0.2, 0.25) is 0 Å². The Morgan fingerprint density at radius 2 is 2.10 bits per heavy atom. The predicted molar refractivity (Wildman–Crippen MR) is 45.3 cm³/mol. The number of likely N-dealkylation sites (N-methyl/N-ethyl adjacent to an activating group) is 1. The summed E-state index contributed by atoms with van der Waals surface area (Å²) in [7, 11) is 4.05. The Hall–Kier alpha value is -0.570. The molecule has 0 aliphatic carbocycles. The van der Waals surface area contributed by atoms with Crippen LogP contribution in [0, 0.1) is 0 Å². The Bertz CT molecular complexity index is 114. The van der Waals surface area contributed by atoms with E-state index in [2.05, 4.69) is 16.8 Å². The molecule has 0 rings (SSSR count). The monoisotopic (exact) mass is 143 g/mol. The molecule has 0 amide bonds. The van der Waals surface area contributed by atoms with Gasteiger partial charge in [0.05, 0.1) is 11.9 Å². The Morgan fingerprint density at radius 3 is 2.40 bits per heavy atom. The Balaban J connectivity index is 3.64. The normalized spacial score (nSPS) is 15.9. The third-order valence-electron chi connectivity index (χ3n) is 1.05. The first-order valence-corrected chi connectivity index (χ1v) is 3.47. The van der Waals surface area contributed by atoms with Gasteiger partial charge in [0.25, 0.3) is 0 Å². The smallest absolute Gasteiger partial charge is 0.0909 e. The molecule has 10 heavy (non-hydrogen) atoms. The van der Waals surface area contributed by atoms with Gasteiger partial charge in [0.1, 0.15) is 0 Å². The fourth-order valence-corrected chi connectivity index (χ4v) is 0.917. The van der Waals surface area contributed by atoms with E-state index in [0.29, 0.717) is 11.9 Å².